The van der Waals surface area contributed by atoms with Gasteiger partial charge in [-0.1, -0.05) is 0 Å². The van der Waals surface area contributed by atoms with Gasteiger partial charge in [0.25, 0.3) is 0 Å². The fourth-order valence-corrected chi connectivity index (χ4v) is 3.02. The molecule has 3 heterocycles. The fraction of sp³-hybridized carbons (Fsp3) is 0.917. The van der Waals surface area contributed by atoms with Crippen molar-refractivity contribution in [3.63, 3.8) is 0 Å². The van der Waals surface area contributed by atoms with E-state index in [1.165, 1.54) is 43.4 Å². The summed E-state index contributed by atoms with van der Waals surface area (Å²) in [6.45, 7) is 6.15. The highest BCUT2D eigenvalue weighted by Gasteiger charge is 2.47. The maximum atomic E-state index is 11.5. The molecule has 3 rings (SSSR count). The lowest BCUT2D eigenvalue weighted by molar-refractivity contribution is -0.927. The van der Waals surface area contributed by atoms with Gasteiger partial charge in [0.15, 0.2) is 0 Å². The minimum absolute atomic E-state index is 0.00973. The Bertz CT molecular complexity index is 238. The first-order valence-electron chi connectivity index (χ1n) is 6.07. The number of quaternary nitrogens is 1. The minimum Gasteiger partial charge on any atom is -0.466 e. The summed E-state index contributed by atoms with van der Waals surface area (Å²) in [6, 6.07) is 0. The monoisotopic (exact) mass is 212 g/mol. The van der Waals surface area contributed by atoms with Gasteiger partial charge >= 0.3 is 5.97 Å². The number of carbonyl (C=O) groups excluding carboxylic acids is 1. The maximum Gasteiger partial charge on any atom is 0.306 e. The van der Waals surface area contributed by atoms with E-state index in [1.807, 2.05) is 6.92 Å². The Balaban J connectivity index is 1.95. The van der Waals surface area contributed by atoms with Crippen LogP contribution < -0.4 is 0 Å². The molecular weight excluding hydrogens is 190 g/mol. The average molecular weight is 212 g/mol. The Kier molecular flexibility index (Phi) is 2.75. The summed E-state index contributed by atoms with van der Waals surface area (Å²) in [4.78, 5) is 11.5. The number of esters is 1. The third kappa shape index (κ3) is 2.17. The lowest BCUT2D eigenvalue weighted by atomic mass is 9.69. The molecule has 0 aliphatic carbocycles. The van der Waals surface area contributed by atoms with E-state index in [2.05, 4.69) is 7.05 Å². The predicted octanol–water partition coefficient (Wildman–Crippen LogP) is 1.57. The summed E-state index contributed by atoms with van der Waals surface area (Å²) >= 11 is 0. The van der Waals surface area contributed by atoms with Crippen molar-refractivity contribution in [3.8, 4) is 0 Å². The lowest BCUT2D eigenvalue weighted by Crippen LogP contribution is -2.59. The molecule has 3 saturated heterocycles. The summed E-state index contributed by atoms with van der Waals surface area (Å²) in [5.74, 6) is 0.00973. The van der Waals surface area contributed by atoms with Crippen LogP contribution in [0.25, 0.3) is 0 Å². The lowest BCUT2D eigenvalue weighted by Gasteiger charge is -2.52. The second-order valence-electron chi connectivity index (χ2n) is 5.52. The Morgan fingerprint density at radius 1 is 1.27 bits per heavy atom. The van der Waals surface area contributed by atoms with Crippen LogP contribution in [0.2, 0.25) is 0 Å². The largest absolute Gasteiger partial charge is 0.466 e. The highest BCUT2D eigenvalue weighted by Crippen LogP contribution is 2.45. The number of nitrogens with zero attached hydrogens (tertiary/aromatic N) is 1. The summed E-state index contributed by atoms with van der Waals surface area (Å²) in [7, 11) is 2.34. The van der Waals surface area contributed by atoms with E-state index in [-0.39, 0.29) is 5.97 Å². The van der Waals surface area contributed by atoms with E-state index in [4.69, 9.17) is 4.74 Å². The van der Waals surface area contributed by atoms with Crippen molar-refractivity contribution in [1.29, 1.82) is 0 Å². The molecule has 0 aromatic carbocycles. The Hall–Kier alpha value is -0.570. The highest BCUT2D eigenvalue weighted by molar-refractivity contribution is 5.70. The van der Waals surface area contributed by atoms with Crippen LogP contribution >= 0.6 is 0 Å². The van der Waals surface area contributed by atoms with Gasteiger partial charge in [-0.3, -0.25) is 4.79 Å². The zero-order valence-electron chi connectivity index (χ0n) is 9.92. The van der Waals surface area contributed by atoms with Gasteiger partial charge in [0.2, 0.25) is 0 Å². The second-order valence-corrected chi connectivity index (χ2v) is 5.52. The van der Waals surface area contributed by atoms with Crippen LogP contribution in [0.5, 0.6) is 0 Å². The smallest absolute Gasteiger partial charge is 0.306 e. The summed E-state index contributed by atoms with van der Waals surface area (Å²) in [5.41, 5.74) is 0.294. The van der Waals surface area contributed by atoms with Crippen LogP contribution in [0.1, 0.15) is 32.6 Å². The number of piperidine rings is 3. The van der Waals surface area contributed by atoms with Gasteiger partial charge in [-0.25, -0.2) is 0 Å². The molecule has 0 spiro atoms. The molecule has 3 fully saturated rings. The first kappa shape index (κ1) is 10.9. The molecule has 3 aliphatic rings. The topological polar surface area (TPSA) is 26.3 Å². The standard InChI is InChI=1S/C12H22NO2/c1-3-15-11(14)10-12-4-7-13(2,8-5-12)9-6-12/h3-10H2,1-2H3/q+1. The normalized spacial score (nSPS) is 39.1. The molecule has 3 aliphatic heterocycles. The van der Waals surface area contributed by atoms with E-state index in [9.17, 15) is 4.79 Å². The summed E-state index contributed by atoms with van der Waals surface area (Å²) in [5, 5.41) is 0. The molecule has 0 atom stereocenters. The molecular formula is C12H22NO2+. The number of fused-ring (bicyclic) bond motifs is 3. The van der Waals surface area contributed by atoms with Gasteiger partial charge in [-0.05, 0) is 12.3 Å². The molecule has 0 unspecified atom stereocenters. The molecule has 2 bridgehead atoms. The van der Waals surface area contributed by atoms with E-state index >= 15 is 0 Å². The first-order chi connectivity index (χ1) is 7.08. The van der Waals surface area contributed by atoms with E-state index in [0.29, 0.717) is 18.4 Å². The molecule has 3 nitrogen and oxygen atoms in total. The zero-order chi connectivity index (χ0) is 10.9. The summed E-state index contributed by atoms with van der Waals surface area (Å²) in [6.07, 6.45) is 4.29. The van der Waals surface area contributed by atoms with Crippen molar-refractivity contribution < 1.29 is 14.0 Å². The second kappa shape index (κ2) is 3.78. The van der Waals surface area contributed by atoms with Gasteiger partial charge in [-0.15, -0.1) is 0 Å². The van der Waals surface area contributed by atoms with Gasteiger partial charge in [0, 0.05) is 19.3 Å². The van der Waals surface area contributed by atoms with Gasteiger partial charge < -0.3 is 9.22 Å². The van der Waals surface area contributed by atoms with Crippen molar-refractivity contribution in [2.24, 2.45) is 5.41 Å². The fourth-order valence-electron chi connectivity index (χ4n) is 3.02. The van der Waals surface area contributed by atoms with Crippen LogP contribution in [-0.2, 0) is 9.53 Å². The third-order valence-corrected chi connectivity index (χ3v) is 4.37. The first-order valence-corrected chi connectivity index (χ1v) is 6.07. The SMILES string of the molecule is CCOC(=O)CC12CC[N+](C)(CC1)CC2. The van der Waals surface area contributed by atoms with Gasteiger partial charge in [0.05, 0.1) is 39.7 Å². The third-order valence-electron chi connectivity index (χ3n) is 4.37. The van der Waals surface area contributed by atoms with Crippen molar-refractivity contribution >= 4 is 5.97 Å². The Morgan fingerprint density at radius 3 is 2.27 bits per heavy atom. The minimum atomic E-state index is 0.00973. The van der Waals surface area contributed by atoms with Crippen molar-refractivity contribution in [3.05, 3.63) is 0 Å². The van der Waals surface area contributed by atoms with E-state index in [0.717, 1.165) is 0 Å². The molecule has 0 aromatic heterocycles. The van der Waals surface area contributed by atoms with E-state index < -0.39 is 0 Å². The number of ether oxygens (including phenoxy) is 1. The average Bonchev–Trinajstić information content (AvgIpc) is 2.21. The number of hydrogen-bond donors (Lipinski definition) is 0. The molecule has 0 amide bonds. The van der Waals surface area contributed by atoms with Crippen molar-refractivity contribution in [2.45, 2.75) is 32.6 Å². The highest BCUT2D eigenvalue weighted by atomic mass is 16.5. The van der Waals surface area contributed by atoms with Crippen LogP contribution in [0, 0.1) is 5.41 Å². The van der Waals surface area contributed by atoms with Crippen molar-refractivity contribution in [2.75, 3.05) is 33.3 Å². The molecule has 3 heteroatoms. The zero-order valence-corrected chi connectivity index (χ0v) is 9.92. The van der Waals surface area contributed by atoms with Crippen LogP contribution in [-0.4, -0.2) is 43.7 Å². The van der Waals surface area contributed by atoms with Gasteiger partial charge in [0.1, 0.15) is 0 Å². The Labute approximate surface area is 92.0 Å². The quantitative estimate of drug-likeness (QED) is 0.524. The predicted molar refractivity (Wildman–Crippen MR) is 58.3 cm³/mol. The number of carbonyl (C=O) groups is 1. The van der Waals surface area contributed by atoms with Crippen LogP contribution in [0.15, 0.2) is 0 Å². The molecule has 0 saturated carbocycles. The molecule has 86 valence electrons. The van der Waals surface area contributed by atoms with E-state index in [1.54, 1.807) is 0 Å². The molecule has 0 radical (unpaired) electrons. The maximum absolute atomic E-state index is 11.5. The number of rotatable bonds is 3. The summed E-state index contributed by atoms with van der Waals surface area (Å²) < 4.78 is 6.30. The van der Waals surface area contributed by atoms with Crippen LogP contribution in [0.3, 0.4) is 0 Å². The van der Waals surface area contributed by atoms with Crippen LogP contribution in [0.4, 0.5) is 0 Å². The van der Waals surface area contributed by atoms with Gasteiger partial charge in [-0.2, -0.15) is 0 Å². The molecule has 0 N–H and O–H groups in total. The molecule has 0 aromatic rings. The van der Waals surface area contributed by atoms with Crippen molar-refractivity contribution in [1.82, 2.24) is 0 Å². The Morgan fingerprint density at radius 2 is 1.80 bits per heavy atom. The molecule has 15 heavy (non-hydrogen) atoms. The number of hydrogen-bond acceptors (Lipinski definition) is 2.